The molecule has 1 aromatic rings. The van der Waals surface area contributed by atoms with Crippen molar-refractivity contribution < 1.29 is 4.79 Å². The van der Waals surface area contributed by atoms with Crippen LogP contribution in [-0.2, 0) is 11.2 Å². The van der Waals surface area contributed by atoms with Gasteiger partial charge in [-0.15, -0.1) is 0 Å². The van der Waals surface area contributed by atoms with Crippen molar-refractivity contribution in [3.63, 3.8) is 0 Å². The van der Waals surface area contributed by atoms with E-state index in [1.165, 1.54) is 0 Å². The summed E-state index contributed by atoms with van der Waals surface area (Å²) in [6.07, 6.45) is 4.67. The predicted octanol–water partition coefficient (Wildman–Crippen LogP) is 0.315. The molecule has 0 saturated carbocycles. The summed E-state index contributed by atoms with van der Waals surface area (Å²) in [5.41, 5.74) is 7.32. The van der Waals surface area contributed by atoms with Crippen molar-refractivity contribution in [3.05, 3.63) is 17.5 Å². The number of H-pyrrole nitrogens is 1. The molecule has 0 saturated heterocycles. The van der Waals surface area contributed by atoms with E-state index in [0.29, 0.717) is 0 Å². The summed E-state index contributed by atoms with van der Waals surface area (Å²) in [7, 11) is 0. The zero-order valence-electron chi connectivity index (χ0n) is 6.71. The first-order valence-corrected chi connectivity index (χ1v) is 4.10. The van der Waals surface area contributed by atoms with Crippen LogP contribution in [0.15, 0.2) is 6.20 Å². The minimum absolute atomic E-state index is 0.142. The van der Waals surface area contributed by atoms with Crippen LogP contribution in [0.3, 0.4) is 0 Å². The van der Waals surface area contributed by atoms with Crippen LogP contribution in [0.25, 0.3) is 0 Å². The number of nitrogens with one attached hydrogen (secondary N) is 1. The van der Waals surface area contributed by atoms with E-state index in [9.17, 15) is 4.79 Å². The van der Waals surface area contributed by atoms with Crippen molar-refractivity contribution >= 4 is 5.91 Å². The molecule has 4 nitrogen and oxygen atoms in total. The molecule has 0 bridgehead atoms. The fourth-order valence-corrected chi connectivity index (χ4v) is 1.75. The van der Waals surface area contributed by atoms with Crippen molar-refractivity contribution in [2.75, 3.05) is 0 Å². The average molecular weight is 165 g/mol. The van der Waals surface area contributed by atoms with Gasteiger partial charge in [-0.2, -0.15) is 5.10 Å². The lowest BCUT2D eigenvalue weighted by Gasteiger charge is -2.18. The lowest BCUT2D eigenvalue weighted by atomic mass is 9.88. The Balaban J connectivity index is 2.37. The highest BCUT2D eigenvalue weighted by atomic mass is 16.1. The summed E-state index contributed by atoms with van der Waals surface area (Å²) < 4.78 is 0. The Bertz CT molecular complexity index is 305. The molecular formula is C8H11N3O. The van der Waals surface area contributed by atoms with Crippen LogP contribution in [0.2, 0.25) is 0 Å². The molecule has 1 aliphatic carbocycles. The van der Waals surface area contributed by atoms with Crippen LogP contribution < -0.4 is 5.73 Å². The maximum Gasteiger partial charge on any atom is 0.226 e. The van der Waals surface area contributed by atoms with Crippen LogP contribution in [0.5, 0.6) is 0 Å². The lowest BCUT2D eigenvalue weighted by Crippen LogP contribution is -2.24. The first kappa shape index (κ1) is 7.34. The Morgan fingerprint density at radius 2 is 2.58 bits per heavy atom. The number of amides is 1. The summed E-state index contributed by atoms with van der Waals surface area (Å²) in [6, 6.07) is 0. The van der Waals surface area contributed by atoms with Crippen LogP contribution >= 0.6 is 0 Å². The highest BCUT2D eigenvalue weighted by Gasteiger charge is 2.25. The summed E-state index contributed by atoms with van der Waals surface area (Å²) in [5, 5.41) is 6.74. The summed E-state index contributed by atoms with van der Waals surface area (Å²) in [4.78, 5) is 11.0. The van der Waals surface area contributed by atoms with Gasteiger partial charge in [0.25, 0.3) is 0 Å². The molecule has 3 N–H and O–H groups in total. The molecule has 1 aromatic heterocycles. The number of nitrogens with zero attached hydrogens (tertiary/aromatic N) is 1. The Kier molecular flexibility index (Phi) is 1.60. The third-order valence-corrected chi connectivity index (χ3v) is 2.38. The molecule has 4 heteroatoms. The predicted molar refractivity (Wildman–Crippen MR) is 43.5 cm³/mol. The quantitative estimate of drug-likeness (QED) is 0.628. The second-order valence-electron chi connectivity index (χ2n) is 3.16. The van der Waals surface area contributed by atoms with Crippen molar-refractivity contribution in [2.45, 2.75) is 25.2 Å². The van der Waals surface area contributed by atoms with Crippen molar-refractivity contribution in [1.82, 2.24) is 10.2 Å². The van der Waals surface area contributed by atoms with Crippen molar-refractivity contribution in [3.8, 4) is 0 Å². The number of aromatic nitrogens is 2. The van der Waals surface area contributed by atoms with Crippen LogP contribution in [0.1, 0.15) is 30.0 Å². The second kappa shape index (κ2) is 2.62. The van der Waals surface area contributed by atoms with Gasteiger partial charge in [-0.3, -0.25) is 9.89 Å². The maximum atomic E-state index is 11.0. The number of nitrogens with two attached hydrogens (primary N) is 1. The van der Waals surface area contributed by atoms with Gasteiger partial charge in [0.2, 0.25) is 5.91 Å². The molecular weight excluding hydrogens is 154 g/mol. The largest absolute Gasteiger partial charge is 0.369 e. The van der Waals surface area contributed by atoms with E-state index in [2.05, 4.69) is 10.2 Å². The molecule has 1 amide bonds. The summed E-state index contributed by atoms with van der Waals surface area (Å²) >= 11 is 0. The lowest BCUT2D eigenvalue weighted by molar-refractivity contribution is -0.119. The van der Waals surface area contributed by atoms with Gasteiger partial charge in [-0.1, -0.05) is 0 Å². The van der Waals surface area contributed by atoms with E-state index in [4.69, 9.17) is 5.73 Å². The summed E-state index contributed by atoms with van der Waals surface area (Å²) in [5.74, 6) is -0.392. The van der Waals surface area contributed by atoms with E-state index in [1.54, 1.807) is 6.20 Å². The molecule has 12 heavy (non-hydrogen) atoms. The number of hydrogen-bond acceptors (Lipinski definition) is 2. The van der Waals surface area contributed by atoms with E-state index < -0.39 is 0 Å². The zero-order valence-corrected chi connectivity index (χ0v) is 6.71. The van der Waals surface area contributed by atoms with Gasteiger partial charge < -0.3 is 5.73 Å². The van der Waals surface area contributed by atoms with Gasteiger partial charge in [0, 0.05) is 0 Å². The molecule has 1 unspecified atom stereocenters. The van der Waals surface area contributed by atoms with Crippen LogP contribution in [0.4, 0.5) is 0 Å². The molecule has 64 valence electrons. The fraction of sp³-hybridized carbons (Fsp3) is 0.500. The molecule has 1 aliphatic rings. The SMILES string of the molecule is NC(=O)C1CCCc2cn[nH]c21. The minimum Gasteiger partial charge on any atom is -0.369 e. The third kappa shape index (κ3) is 0.995. The Morgan fingerprint density at radius 1 is 1.75 bits per heavy atom. The molecule has 0 aromatic carbocycles. The highest BCUT2D eigenvalue weighted by Crippen LogP contribution is 2.28. The molecule has 0 radical (unpaired) electrons. The highest BCUT2D eigenvalue weighted by molar-refractivity contribution is 5.82. The normalized spacial score (nSPS) is 21.8. The molecule has 0 aliphatic heterocycles. The number of carbonyl (C=O) groups is 1. The first-order valence-electron chi connectivity index (χ1n) is 4.10. The molecule has 1 heterocycles. The Labute approximate surface area is 70.1 Å². The van der Waals surface area contributed by atoms with Crippen LogP contribution in [0, 0.1) is 0 Å². The number of carbonyl (C=O) groups excluding carboxylic acids is 1. The number of primary amides is 1. The van der Waals surface area contributed by atoms with E-state index in [1.807, 2.05) is 0 Å². The Hall–Kier alpha value is -1.32. The van der Waals surface area contributed by atoms with Crippen molar-refractivity contribution in [2.24, 2.45) is 5.73 Å². The summed E-state index contributed by atoms with van der Waals surface area (Å²) in [6.45, 7) is 0. The van der Waals surface area contributed by atoms with E-state index in [0.717, 1.165) is 30.5 Å². The van der Waals surface area contributed by atoms with Gasteiger partial charge in [0.15, 0.2) is 0 Å². The second-order valence-corrected chi connectivity index (χ2v) is 3.16. The number of aromatic amines is 1. The molecule has 2 rings (SSSR count). The first-order chi connectivity index (χ1) is 5.79. The zero-order chi connectivity index (χ0) is 8.55. The van der Waals surface area contributed by atoms with Gasteiger partial charge in [-0.05, 0) is 24.8 Å². The average Bonchev–Trinajstić information content (AvgIpc) is 2.49. The number of fused-ring (bicyclic) bond motifs is 1. The topological polar surface area (TPSA) is 71.8 Å². The number of aryl methyl sites for hydroxylation is 1. The van der Waals surface area contributed by atoms with Crippen LogP contribution in [-0.4, -0.2) is 16.1 Å². The van der Waals surface area contributed by atoms with E-state index in [-0.39, 0.29) is 11.8 Å². The Morgan fingerprint density at radius 3 is 3.33 bits per heavy atom. The monoisotopic (exact) mass is 165 g/mol. The van der Waals surface area contributed by atoms with Gasteiger partial charge >= 0.3 is 0 Å². The minimum atomic E-state index is -0.250. The molecule has 0 spiro atoms. The van der Waals surface area contributed by atoms with Gasteiger partial charge in [0.1, 0.15) is 0 Å². The number of rotatable bonds is 1. The van der Waals surface area contributed by atoms with Crippen molar-refractivity contribution in [1.29, 1.82) is 0 Å². The fourth-order valence-electron chi connectivity index (χ4n) is 1.75. The third-order valence-electron chi connectivity index (χ3n) is 2.38. The van der Waals surface area contributed by atoms with E-state index >= 15 is 0 Å². The molecule has 1 atom stereocenters. The maximum absolute atomic E-state index is 11.0. The molecule has 0 fully saturated rings. The van der Waals surface area contributed by atoms with Gasteiger partial charge in [-0.25, -0.2) is 0 Å². The smallest absolute Gasteiger partial charge is 0.226 e. The number of hydrogen-bond donors (Lipinski definition) is 2. The van der Waals surface area contributed by atoms with Gasteiger partial charge in [0.05, 0.1) is 17.8 Å². The standard InChI is InChI=1S/C8H11N3O/c9-8(12)6-3-1-2-5-4-10-11-7(5)6/h4,6H,1-3H2,(H2,9,12)(H,10,11).